The molecule has 1 heterocycles. The molecule has 20 heavy (non-hydrogen) atoms. The Hall–Kier alpha value is -1.30. The van der Waals surface area contributed by atoms with Crippen molar-refractivity contribution in [2.24, 2.45) is 11.8 Å². The van der Waals surface area contributed by atoms with Crippen LogP contribution in [0.1, 0.15) is 49.4 Å². The van der Waals surface area contributed by atoms with Gasteiger partial charge in [-0.15, -0.1) is 0 Å². The molecular weight excluding hydrogens is 272 g/mol. The molecule has 0 bridgehead atoms. The lowest BCUT2D eigenvalue weighted by Crippen LogP contribution is -2.20. The predicted molar refractivity (Wildman–Crippen MR) is 84.1 cm³/mol. The molecule has 2 rings (SSSR count). The Bertz CT molecular complexity index is 452. The lowest BCUT2D eigenvalue weighted by atomic mass is 9.81. The summed E-state index contributed by atoms with van der Waals surface area (Å²) < 4.78 is 4.06. The molecule has 0 atom stereocenters. The summed E-state index contributed by atoms with van der Waals surface area (Å²) in [5.74, 6) is 1.83. The van der Waals surface area contributed by atoms with Gasteiger partial charge in [0.1, 0.15) is 10.6 Å². The number of nitrogens with two attached hydrogens (primary N) is 1. The Kier molecular flexibility index (Phi) is 5.23. The molecule has 1 amide bonds. The highest BCUT2D eigenvalue weighted by Crippen LogP contribution is 2.31. The minimum atomic E-state index is -0.176. The highest BCUT2D eigenvalue weighted by Gasteiger charge is 2.20. The summed E-state index contributed by atoms with van der Waals surface area (Å²) in [5.41, 5.74) is 6.23. The molecule has 6 heteroatoms. The average Bonchev–Trinajstić information content (AvgIpc) is 2.81. The standard InChI is InChI=1S/C14H24N4OS/c1-9-3-5-10(6-4-9)7-8-17-14-11(13(19)16-2)12(15)18-20-14/h9-10,17H,3-8H2,1-2H3,(H2,15,18)(H,16,19). The first kappa shape index (κ1) is 15.1. The van der Waals surface area contributed by atoms with E-state index in [0.717, 1.165) is 29.8 Å². The van der Waals surface area contributed by atoms with E-state index < -0.39 is 0 Å². The Morgan fingerprint density at radius 1 is 1.40 bits per heavy atom. The van der Waals surface area contributed by atoms with E-state index in [-0.39, 0.29) is 5.91 Å². The number of hydrogen-bond acceptors (Lipinski definition) is 5. The van der Waals surface area contributed by atoms with Crippen molar-refractivity contribution in [3.8, 4) is 0 Å². The number of rotatable bonds is 5. The van der Waals surface area contributed by atoms with Crippen molar-refractivity contribution in [3.05, 3.63) is 5.56 Å². The van der Waals surface area contributed by atoms with Gasteiger partial charge in [0.25, 0.3) is 5.91 Å². The van der Waals surface area contributed by atoms with E-state index in [1.807, 2.05) is 0 Å². The number of nitrogen functional groups attached to an aromatic ring is 1. The van der Waals surface area contributed by atoms with Gasteiger partial charge < -0.3 is 16.4 Å². The monoisotopic (exact) mass is 296 g/mol. The zero-order valence-corrected chi connectivity index (χ0v) is 13.1. The van der Waals surface area contributed by atoms with E-state index in [1.165, 1.54) is 37.2 Å². The summed E-state index contributed by atoms with van der Waals surface area (Å²) in [7, 11) is 1.60. The minimum absolute atomic E-state index is 0.176. The van der Waals surface area contributed by atoms with E-state index >= 15 is 0 Å². The number of anilines is 2. The summed E-state index contributed by atoms with van der Waals surface area (Å²) in [6.07, 6.45) is 6.51. The third-order valence-electron chi connectivity index (χ3n) is 4.15. The molecule has 1 aliphatic rings. The second-order valence-electron chi connectivity index (χ2n) is 5.69. The summed E-state index contributed by atoms with van der Waals surface area (Å²) in [6.45, 7) is 3.22. The van der Waals surface area contributed by atoms with Crippen molar-refractivity contribution in [3.63, 3.8) is 0 Å². The highest BCUT2D eigenvalue weighted by atomic mass is 32.1. The molecule has 1 fully saturated rings. The maximum atomic E-state index is 11.8. The third-order valence-corrected chi connectivity index (χ3v) is 4.97. The Labute approximate surface area is 124 Å². The molecule has 1 aromatic rings. The number of aromatic nitrogens is 1. The molecule has 0 spiro atoms. The molecule has 0 aliphatic heterocycles. The Morgan fingerprint density at radius 3 is 2.75 bits per heavy atom. The van der Waals surface area contributed by atoms with E-state index in [2.05, 4.69) is 21.9 Å². The molecule has 1 aromatic heterocycles. The van der Waals surface area contributed by atoms with Gasteiger partial charge in [-0.2, -0.15) is 4.37 Å². The number of carbonyl (C=O) groups is 1. The van der Waals surface area contributed by atoms with Crippen LogP contribution in [-0.4, -0.2) is 23.9 Å². The van der Waals surface area contributed by atoms with Gasteiger partial charge in [-0.1, -0.05) is 32.6 Å². The molecule has 0 radical (unpaired) electrons. The van der Waals surface area contributed by atoms with Crippen LogP contribution in [0.5, 0.6) is 0 Å². The molecule has 0 unspecified atom stereocenters. The van der Waals surface area contributed by atoms with Crippen LogP contribution < -0.4 is 16.4 Å². The van der Waals surface area contributed by atoms with Crippen molar-refractivity contribution in [2.45, 2.75) is 39.0 Å². The first-order valence-electron chi connectivity index (χ1n) is 7.33. The maximum Gasteiger partial charge on any atom is 0.257 e. The van der Waals surface area contributed by atoms with Crippen LogP contribution in [0.3, 0.4) is 0 Å². The molecule has 0 aromatic carbocycles. The van der Waals surface area contributed by atoms with Gasteiger partial charge in [0.15, 0.2) is 5.82 Å². The molecule has 112 valence electrons. The smallest absolute Gasteiger partial charge is 0.257 e. The van der Waals surface area contributed by atoms with Gasteiger partial charge in [0.05, 0.1) is 0 Å². The van der Waals surface area contributed by atoms with Crippen molar-refractivity contribution >= 4 is 28.3 Å². The zero-order chi connectivity index (χ0) is 14.5. The van der Waals surface area contributed by atoms with Gasteiger partial charge >= 0.3 is 0 Å². The molecular formula is C14H24N4OS. The van der Waals surface area contributed by atoms with Gasteiger partial charge in [-0.05, 0) is 29.8 Å². The van der Waals surface area contributed by atoms with Crippen LogP contribution in [-0.2, 0) is 0 Å². The average molecular weight is 296 g/mol. The lowest BCUT2D eigenvalue weighted by Gasteiger charge is -2.26. The topological polar surface area (TPSA) is 80.0 Å². The Morgan fingerprint density at radius 2 is 2.10 bits per heavy atom. The number of carbonyl (C=O) groups excluding carboxylic acids is 1. The quantitative estimate of drug-likeness (QED) is 0.780. The summed E-state index contributed by atoms with van der Waals surface area (Å²) in [6, 6.07) is 0. The van der Waals surface area contributed by atoms with Gasteiger partial charge in [0.2, 0.25) is 0 Å². The third kappa shape index (κ3) is 3.62. The van der Waals surface area contributed by atoms with Crippen molar-refractivity contribution in [1.29, 1.82) is 0 Å². The number of hydrogen-bond donors (Lipinski definition) is 3. The van der Waals surface area contributed by atoms with E-state index in [9.17, 15) is 4.79 Å². The Balaban J connectivity index is 1.84. The van der Waals surface area contributed by atoms with Crippen molar-refractivity contribution in [1.82, 2.24) is 9.69 Å². The highest BCUT2D eigenvalue weighted by molar-refractivity contribution is 7.11. The van der Waals surface area contributed by atoms with E-state index in [1.54, 1.807) is 7.05 Å². The van der Waals surface area contributed by atoms with Crippen LogP contribution in [0.15, 0.2) is 0 Å². The number of nitrogens with one attached hydrogen (secondary N) is 2. The van der Waals surface area contributed by atoms with E-state index in [4.69, 9.17) is 5.73 Å². The molecule has 1 aliphatic carbocycles. The summed E-state index contributed by atoms with van der Waals surface area (Å²) in [4.78, 5) is 11.8. The zero-order valence-electron chi connectivity index (χ0n) is 12.2. The summed E-state index contributed by atoms with van der Waals surface area (Å²) >= 11 is 1.26. The molecule has 1 saturated carbocycles. The second kappa shape index (κ2) is 6.92. The van der Waals surface area contributed by atoms with E-state index in [0.29, 0.717) is 11.4 Å². The molecule has 4 N–H and O–H groups in total. The first-order valence-corrected chi connectivity index (χ1v) is 8.10. The molecule has 5 nitrogen and oxygen atoms in total. The van der Waals surface area contributed by atoms with Crippen LogP contribution in [0.25, 0.3) is 0 Å². The number of amides is 1. The minimum Gasteiger partial charge on any atom is -0.382 e. The van der Waals surface area contributed by atoms with Gasteiger partial charge in [0, 0.05) is 13.6 Å². The fourth-order valence-electron chi connectivity index (χ4n) is 2.78. The SMILES string of the molecule is CNC(=O)c1c(N)nsc1NCCC1CCC(C)CC1. The van der Waals surface area contributed by atoms with Crippen LogP contribution in [0.4, 0.5) is 10.8 Å². The predicted octanol–water partition coefficient (Wildman–Crippen LogP) is 2.71. The van der Waals surface area contributed by atoms with Gasteiger partial charge in [-0.3, -0.25) is 4.79 Å². The molecule has 0 saturated heterocycles. The number of nitrogens with zero attached hydrogens (tertiary/aromatic N) is 1. The largest absolute Gasteiger partial charge is 0.382 e. The lowest BCUT2D eigenvalue weighted by molar-refractivity contribution is 0.0965. The fraction of sp³-hybridized carbons (Fsp3) is 0.714. The summed E-state index contributed by atoms with van der Waals surface area (Å²) in [5, 5.41) is 6.71. The van der Waals surface area contributed by atoms with Crippen LogP contribution in [0.2, 0.25) is 0 Å². The normalized spacial score (nSPS) is 22.5. The fourth-order valence-corrected chi connectivity index (χ4v) is 3.51. The van der Waals surface area contributed by atoms with Crippen LogP contribution in [0, 0.1) is 11.8 Å². The van der Waals surface area contributed by atoms with Crippen molar-refractivity contribution < 1.29 is 4.79 Å². The van der Waals surface area contributed by atoms with Gasteiger partial charge in [-0.25, -0.2) is 0 Å². The van der Waals surface area contributed by atoms with Crippen molar-refractivity contribution in [2.75, 3.05) is 24.6 Å². The van der Waals surface area contributed by atoms with Crippen LogP contribution >= 0.6 is 11.5 Å². The maximum absolute atomic E-state index is 11.8. The second-order valence-corrected chi connectivity index (χ2v) is 6.47. The first-order chi connectivity index (χ1) is 9.61.